The quantitative estimate of drug-likeness (QED) is 0.261. The molecule has 0 bridgehead atoms. The summed E-state index contributed by atoms with van der Waals surface area (Å²) >= 11 is 12.1. The Morgan fingerprint density at radius 3 is 2.11 bits per heavy atom. The molecule has 3 aromatic carbocycles. The Labute approximate surface area is 223 Å². The van der Waals surface area contributed by atoms with Gasteiger partial charge in [-0.1, -0.05) is 83.9 Å². The van der Waals surface area contributed by atoms with Crippen LogP contribution in [0, 0.1) is 0 Å². The zero-order chi connectivity index (χ0) is 26.2. The predicted octanol–water partition coefficient (Wildman–Crippen LogP) is 5.85. The van der Waals surface area contributed by atoms with Gasteiger partial charge in [-0.3, -0.25) is 9.59 Å². The molecule has 0 fully saturated rings. The molecule has 0 aliphatic carbocycles. The average Bonchev–Trinajstić information content (AvgIpc) is 3.42. The van der Waals surface area contributed by atoms with E-state index in [1.54, 1.807) is 36.4 Å². The highest BCUT2D eigenvalue weighted by molar-refractivity contribution is 6.35. The monoisotopic (exact) mass is 536 g/mol. The molecule has 0 aliphatic heterocycles. The molecule has 2 amide bonds. The molecule has 0 aliphatic rings. The number of amides is 2. The largest absolute Gasteiger partial charge is 0.459 e. The second-order valence-electron chi connectivity index (χ2n) is 8.07. The van der Waals surface area contributed by atoms with Gasteiger partial charge in [0.25, 0.3) is 11.8 Å². The maximum atomic E-state index is 13.4. The van der Waals surface area contributed by atoms with Crippen molar-refractivity contribution in [3.05, 3.63) is 124 Å². The molecule has 1 aromatic heterocycles. The van der Waals surface area contributed by atoms with Gasteiger partial charge in [0.2, 0.25) is 6.10 Å². The van der Waals surface area contributed by atoms with E-state index in [1.165, 1.54) is 30.5 Å². The number of esters is 1. The predicted molar refractivity (Wildman–Crippen MR) is 140 cm³/mol. The van der Waals surface area contributed by atoms with Gasteiger partial charge in [0, 0.05) is 27.7 Å². The van der Waals surface area contributed by atoms with Crippen molar-refractivity contribution >= 4 is 46.7 Å². The molecule has 1 heterocycles. The van der Waals surface area contributed by atoms with E-state index >= 15 is 0 Å². The van der Waals surface area contributed by atoms with Gasteiger partial charge < -0.3 is 19.8 Å². The van der Waals surface area contributed by atoms with Crippen molar-refractivity contribution in [1.29, 1.82) is 0 Å². The summed E-state index contributed by atoms with van der Waals surface area (Å²) in [6.45, 7) is 0. The van der Waals surface area contributed by atoms with Crippen LogP contribution in [0.15, 0.2) is 102 Å². The van der Waals surface area contributed by atoms with Crippen LogP contribution in [0.4, 0.5) is 5.69 Å². The lowest BCUT2D eigenvalue weighted by Crippen LogP contribution is -2.44. The standard InChI is InChI=1S/C28H22Cl2N2O5/c29-20-15-21(30)17-22(16-20)31-27(34)25(19-10-5-2-6-11-19)37-28(35)23(14-18-8-3-1-4-9-18)32-26(33)24-12-7-13-36-24/h1-13,15-17,23,25H,14H2,(H,31,34)(H,32,33). The van der Waals surface area contributed by atoms with Crippen molar-refractivity contribution in [3.63, 3.8) is 0 Å². The molecular formula is C28H22Cl2N2O5. The van der Waals surface area contributed by atoms with Gasteiger partial charge in [0.1, 0.15) is 6.04 Å². The second-order valence-corrected chi connectivity index (χ2v) is 8.94. The van der Waals surface area contributed by atoms with E-state index in [-0.39, 0.29) is 12.2 Å². The van der Waals surface area contributed by atoms with Crippen LogP contribution in [-0.4, -0.2) is 23.8 Å². The Bertz CT molecular complexity index is 1340. The minimum Gasteiger partial charge on any atom is -0.459 e. The number of furan rings is 1. The number of hydrogen-bond acceptors (Lipinski definition) is 5. The number of carbonyl (C=O) groups is 3. The summed E-state index contributed by atoms with van der Waals surface area (Å²) < 4.78 is 10.9. The maximum Gasteiger partial charge on any atom is 0.330 e. The van der Waals surface area contributed by atoms with Crippen LogP contribution in [0.1, 0.15) is 27.8 Å². The molecule has 4 aromatic rings. The Balaban J connectivity index is 1.59. The third kappa shape index (κ3) is 7.22. The molecule has 0 saturated carbocycles. The number of rotatable bonds is 9. The van der Waals surface area contributed by atoms with E-state index in [2.05, 4.69) is 10.6 Å². The molecule has 9 heteroatoms. The summed E-state index contributed by atoms with van der Waals surface area (Å²) in [5.41, 5.74) is 1.57. The first kappa shape index (κ1) is 26.0. The number of hydrogen-bond donors (Lipinski definition) is 2. The molecule has 4 rings (SSSR count). The van der Waals surface area contributed by atoms with Crippen LogP contribution in [0.5, 0.6) is 0 Å². The molecule has 0 saturated heterocycles. The summed E-state index contributed by atoms with van der Waals surface area (Å²) in [5.74, 6) is -1.95. The summed E-state index contributed by atoms with van der Waals surface area (Å²) in [4.78, 5) is 39.4. The summed E-state index contributed by atoms with van der Waals surface area (Å²) in [6, 6.07) is 24.2. The van der Waals surface area contributed by atoms with Gasteiger partial charge in [-0.2, -0.15) is 0 Å². The fourth-order valence-corrected chi connectivity index (χ4v) is 4.14. The highest BCUT2D eigenvalue weighted by Gasteiger charge is 2.31. The topological polar surface area (TPSA) is 97.6 Å². The molecule has 0 spiro atoms. The Morgan fingerprint density at radius 2 is 1.49 bits per heavy atom. The van der Waals surface area contributed by atoms with Crippen molar-refractivity contribution < 1.29 is 23.5 Å². The lowest BCUT2D eigenvalue weighted by atomic mass is 10.0. The van der Waals surface area contributed by atoms with Crippen LogP contribution in [0.3, 0.4) is 0 Å². The molecular weight excluding hydrogens is 515 g/mol. The number of benzene rings is 3. The Morgan fingerprint density at radius 1 is 0.838 bits per heavy atom. The lowest BCUT2D eigenvalue weighted by Gasteiger charge is -2.22. The van der Waals surface area contributed by atoms with Crippen molar-refractivity contribution in [1.82, 2.24) is 5.32 Å². The minimum atomic E-state index is -1.31. The van der Waals surface area contributed by atoms with E-state index in [1.807, 2.05) is 30.3 Å². The Hall–Kier alpha value is -4.07. The van der Waals surface area contributed by atoms with Gasteiger partial charge in [-0.25, -0.2) is 4.79 Å². The van der Waals surface area contributed by atoms with Crippen LogP contribution >= 0.6 is 23.2 Å². The molecule has 37 heavy (non-hydrogen) atoms. The van der Waals surface area contributed by atoms with Crippen LogP contribution in [0.2, 0.25) is 10.0 Å². The average molecular weight is 537 g/mol. The summed E-state index contributed by atoms with van der Waals surface area (Å²) in [7, 11) is 0. The number of carbonyl (C=O) groups excluding carboxylic acids is 3. The number of halogens is 2. The number of nitrogens with one attached hydrogen (secondary N) is 2. The molecule has 188 valence electrons. The normalized spacial score (nSPS) is 12.3. The van der Waals surface area contributed by atoms with Crippen molar-refractivity contribution in [2.75, 3.05) is 5.32 Å². The maximum absolute atomic E-state index is 13.4. The number of ether oxygens (including phenoxy) is 1. The van der Waals surface area contributed by atoms with Crippen molar-refractivity contribution in [2.45, 2.75) is 18.6 Å². The van der Waals surface area contributed by atoms with E-state index in [4.69, 9.17) is 32.4 Å². The first-order chi connectivity index (χ1) is 17.9. The van der Waals surface area contributed by atoms with Gasteiger partial charge in [-0.15, -0.1) is 0 Å². The van der Waals surface area contributed by atoms with Crippen molar-refractivity contribution in [3.8, 4) is 0 Å². The highest BCUT2D eigenvalue weighted by Crippen LogP contribution is 2.25. The van der Waals surface area contributed by atoms with Crippen LogP contribution in [-0.2, 0) is 20.7 Å². The van der Waals surface area contributed by atoms with Gasteiger partial charge in [0.05, 0.1) is 6.26 Å². The second kappa shape index (κ2) is 12.3. The van der Waals surface area contributed by atoms with Crippen molar-refractivity contribution in [2.24, 2.45) is 0 Å². The highest BCUT2D eigenvalue weighted by atomic mass is 35.5. The minimum absolute atomic E-state index is 0.0426. The smallest absolute Gasteiger partial charge is 0.330 e. The first-order valence-electron chi connectivity index (χ1n) is 11.3. The summed E-state index contributed by atoms with van der Waals surface area (Å²) in [6.07, 6.45) is 0.182. The van der Waals surface area contributed by atoms with E-state index in [0.717, 1.165) is 5.56 Å². The van der Waals surface area contributed by atoms with E-state index in [0.29, 0.717) is 21.3 Å². The van der Waals surface area contributed by atoms with E-state index < -0.39 is 29.9 Å². The van der Waals surface area contributed by atoms with E-state index in [9.17, 15) is 14.4 Å². The van der Waals surface area contributed by atoms with Crippen LogP contribution < -0.4 is 10.6 Å². The van der Waals surface area contributed by atoms with Gasteiger partial charge in [-0.05, 0) is 35.9 Å². The van der Waals surface area contributed by atoms with Gasteiger partial charge >= 0.3 is 5.97 Å². The zero-order valence-electron chi connectivity index (χ0n) is 19.4. The molecule has 2 atom stereocenters. The molecule has 7 nitrogen and oxygen atoms in total. The first-order valence-corrected chi connectivity index (χ1v) is 12.1. The zero-order valence-corrected chi connectivity index (χ0v) is 20.9. The fraction of sp³-hybridized carbons (Fsp3) is 0.107. The molecule has 2 unspecified atom stereocenters. The summed E-state index contributed by atoms with van der Waals surface area (Å²) in [5, 5.41) is 6.01. The molecule has 0 radical (unpaired) electrons. The molecule has 2 N–H and O–H groups in total. The van der Waals surface area contributed by atoms with Crippen LogP contribution in [0.25, 0.3) is 0 Å². The third-order valence-corrected chi connectivity index (χ3v) is 5.76. The lowest BCUT2D eigenvalue weighted by molar-refractivity contribution is -0.156. The fourth-order valence-electron chi connectivity index (χ4n) is 3.61. The SMILES string of the molecule is O=C(NC(Cc1ccccc1)C(=O)OC(C(=O)Nc1cc(Cl)cc(Cl)c1)c1ccccc1)c1ccco1. The Kier molecular flexibility index (Phi) is 8.61. The number of anilines is 1. The van der Waals surface area contributed by atoms with Gasteiger partial charge in [0.15, 0.2) is 5.76 Å². The third-order valence-electron chi connectivity index (χ3n) is 5.32.